The molecule has 3 heterocycles. The predicted molar refractivity (Wildman–Crippen MR) is 134 cm³/mol. The van der Waals surface area contributed by atoms with Crippen LogP contribution in [0.25, 0.3) is 28.2 Å². The van der Waals surface area contributed by atoms with Gasteiger partial charge in [0.25, 0.3) is 0 Å². The SMILES string of the molecule is CC.CC.CC(=O)OCc1ccc(-n2c(-c3cccnc3N)nc3cc(C)c(C#N)nc32)cc1. The fourth-order valence-corrected chi connectivity index (χ4v) is 3.17. The van der Waals surface area contributed by atoms with Gasteiger partial charge in [-0.3, -0.25) is 9.36 Å². The Bertz CT molecular complexity index is 1300. The molecule has 3 aromatic heterocycles. The molecular formula is C26H30N6O2. The third-order valence-corrected chi connectivity index (χ3v) is 4.65. The fourth-order valence-electron chi connectivity index (χ4n) is 3.17. The number of esters is 1. The van der Waals surface area contributed by atoms with Crippen molar-refractivity contribution in [2.45, 2.75) is 48.1 Å². The zero-order chi connectivity index (χ0) is 25.3. The van der Waals surface area contributed by atoms with Crippen molar-refractivity contribution in [2.24, 2.45) is 0 Å². The average Bonchev–Trinajstić information content (AvgIpc) is 3.23. The van der Waals surface area contributed by atoms with Crippen LogP contribution in [0.1, 0.15) is 51.4 Å². The van der Waals surface area contributed by atoms with Crippen molar-refractivity contribution < 1.29 is 9.53 Å². The highest BCUT2D eigenvalue weighted by molar-refractivity contribution is 5.83. The molecule has 0 bridgehead atoms. The van der Waals surface area contributed by atoms with Gasteiger partial charge in [-0.15, -0.1) is 0 Å². The number of nitrogens with zero attached hydrogens (tertiary/aromatic N) is 5. The summed E-state index contributed by atoms with van der Waals surface area (Å²) in [6, 6.07) is 15.1. The molecule has 2 N–H and O–H groups in total. The van der Waals surface area contributed by atoms with Crippen LogP contribution in [0.15, 0.2) is 48.7 Å². The van der Waals surface area contributed by atoms with Gasteiger partial charge in [0.2, 0.25) is 0 Å². The highest BCUT2D eigenvalue weighted by Gasteiger charge is 2.19. The van der Waals surface area contributed by atoms with Gasteiger partial charge in [-0.2, -0.15) is 5.26 Å². The number of nitrogens with two attached hydrogens (primary N) is 1. The van der Waals surface area contributed by atoms with E-state index in [0.717, 1.165) is 16.8 Å². The predicted octanol–water partition coefficient (Wildman–Crippen LogP) is 5.36. The summed E-state index contributed by atoms with van der Waals surface area (Å²) in [6.07, 6.45) is 1.62. The van der Waals surface area contributed by atoms with E-state index in [1.807, 2.05) is 75.6 Å². The second-order valence-electron chi connectivity index (χ2n) is 6.76. The maximum absolute atomic E-state index is 11.1. The first kappa shape index (κ1) is 26.0. The van der Waals surface area contributed by atoms with E-state index in [1.54, 1.807) is 12.3 Å². The van der Waals surface area contributed by atoms with Crippen LogP contribution in [-0.2, 0) is 16.1 Å². The lowest BCUT2D eigenvalue weighted by molar-refractivity contribution is -0.142. The van der Waals surface area contributed by atoms with Gasteiger partial charge in [0, 0.05) is 18.8 Å². The van der Waals surface area contributed by atoms with Gasteiger partial charge < -0.3 is 10.5 Å². The summed E-state index contributed by atoms with van der Waals surface area (Å²) in [5, 5.41) is 9.43. The molecule has 8 nitrogen and oxygen atoms in total. The highest BCUT2D eigenvalue weighted by Crippen LogP contribution is 2.31. The minimum Gasteiger partial charge on any atom is -0.461 e. The summed E-state index contributed by atoms with van der Waals surface area (Å²) in [5.74, 6) is 0.584. The largest absolute Gasteiger partial charge is 0.461 e. The van der Waals surface area contributed by atoms with E-state index in [0.29, 0.717) is 34.1 Å². The summed E-state index contributed by atoms with van der Waals surface area (Å²) in [7, 11) is 0. The first-order valence-electron chi connectivity index (χ1n) is 11.2. The monoisotopic (exact) mass is 458 g/mol. The molecule has 0 aliphatic carbocycles. The molecule has 0 spiro atoms. The highest BCUT2D eigenvalue weighted by atomic mass is 16.5. The van der Waals surface area contributed by atoms with Crippen LogP contribution in [-0.4, -0.2) is 25.5 Å². The van der Waals surface area contributed by atoms with E-state index < -0.39 is 0 Å². The van der Waals surface area contributed by atoms with E-state index >= 15 is 0 Å². The summed E-state index contributed by atoms with van der Waals surface area (Å²) in [4.78, 5) is 24.5. The van der Waals surface area contributed by atoms with Crippen LogP contribution in [0.5, 0.6) is 0 Å². The molecule has 176 valence electrons. The summed E-state index contributed by atoms with van der Waals surface area (Å²) < 4.78 is 6.90. The minimum absolute atomic E-state index is 0.193. The molecule has 1 aromatic carbocycles. The van der Waals surface area contributed by atoms with Crippen molar-refractivity contribution in [3.05, 3.63) is 65.5 Å². The number of fused-ring (bicyclic) bond motifs is 1. The van der Waals surface area contributed by atoms with Crippen LogP contribution in [0.2, 0.25) is 0 Å². The molecule has 4 aromatic rings. The first-order valence-corrected chi connectivity index (χ1v) is 11.2. The number of ether oxygens (including phenoxy) is 1. The normalized spacial score (nSPS) is 9.79. The summed E-state index contributed by atoms with van der Waals surface area (Å²) >= 11 is 0. The average molecular weight is 459 g/mol. The Kier molecular flexibility index (Phi) is 9.27. The number of hydrogen-bond donors (Lipinski definition) is 1. The molecule has 0 fully saturated rings. The van der Waals surface area contributed by atoms with Crippen LogP contribution >= 0.6 is 0 Å². The lowest BCUT2D eigenvalue weighted by Gasteiger charge is -2.11. The maximum atomic E-state index is 11.1. The molecule has 0 unspecified atom stereocenters. The quantitative estimate of drug-likeness (QED) is 0.409. The van der Waals surface area contributed by atoms with Gasteiger partial charge in [-0.1, -0.05) is 39.8 Å². The number of pyridine rings is 2. The Labute approximate surface area is 200 Å². The third-order valence-electron chi connectivity index (χ3n) is 4.65. The molecule has 8 heteroatoms. The van der Waals surface area contributed by atoms with Gasteiger partial charge in [-0.25, -0.2) is 15.0 Å². The number of nitriles is 1. The van der Waals surface area contributed by atoms with Gasteiger partial charge in [0.15, 0.2) is 11.5 Å². The number of carbonyl (C=O) groups is 1. The molecule has 0 saturated heterocycles. The van der Waals surface area contributed by atoms with Gasteiger partial charge in [-0.05, 0) is 48.4 Å². The van der Waals surface area contributed by atoms with Crippen molar-refractivity contribution in [2.75, 3.05) is 5.73 Å². The Balaban J connectivity index is 0.000000970. The summed E-state index contributed by atoms with van der Waals surface area (Å²) in [5.41, 5.74) is 10.7. The van der Waals surface area contributed by atoms with Crippen molar-refractivity contribution in [1.82, 2.24) is 19.5 Å². The van der Waals surface area contributed by atoms with E-state index in [9.17, 15) is 10.1 Å². The van der Waals surface area contributed by atoms with E-state index in [-0.39, 0.29) is 12.6 Å². The maximum Gasteiger partial charge on any atom is 0.302 e. The Morgan fingerprint density at radius 1 is 1.12 bits per heavy atom. The second-order valence-corrected chi connectivity index (χ2v) is 6.76. The molecule has 34 heavy (non-hydrogen) atoms. The third kappa shape index (κ3) is 5.56. The Hall–Kier alpha value is -4.25. The number of aryl methyl sites for hydroxylation is 1. The van der Waals surface area contributed by atoms with Crippen LogP contribution in [0.4, 0.5) is 5.82 Å². The number of hydrogen-bond acceptors (Lipinski definition) is 7. The molecular weight excluding hydrogens is 428 g/mol. The topological polar surface area (TPSA) is 120 Å². The van der Waals surface area contributed by atoms with Crippen molar-refractivity contribution in [1.29, 1.82) is 5.26 Å². The van der Waals surface area contributed by atoms with E-state index in [4.69, 9.17) is 15.5 Å². The zero-order valence-electron chi connectivity index (χ0n) is 20.5. The number of carbonyl (C=O) groups excluding carboxylic acids is 1. The molecule has 0 saturated carbocycles. The molecule has 0 aliphatic heterocycles. The fraction of sp³-hybridized carbons (Fsp3) is 0.269. The van der Waals surface area contributed by atoms with Crippen LogP contribution in [0.3, 0.4) is 0 Å². The van der Waals surface area contributed by atoms with Crippen molar-refractivity contribution >= 4 is 23.0 Å². The van der Waals surface area contributed by atoms with Crippen LogP contribution < -0.4 is 5.73 Å². The van der Waals surface area contributed by atoms with E-state index in [2.05, 4.69) is 16.0 Å². The lowest BCUT2D eigenvalue weighted by atomic mass is 10.2. The number of nitrogen functional groups attached to an aromatic ring is 1. The van der Waals surface area contributed by atoms with Gasteiger partial charge in [0.05, 0.1) is 5.56 Å². The molecule has 0 amide bonds. The smallest absolute Gasteiger partial charge is 0.302 e. The molecule has 4 rings (SSSR count). The van der Waals surface area contributed by atoms with Crippen LogP contribution in [0, 0.1) is 18.3 Å². The number of imidazole rings is 1. The van der Waals surface area contributed by atoms with Gasteiger partial charge in [0.1, 0.15) is 29.7 Å². The zero-order valence-corrected chi connectivity index (χ0v) is 20.5. The Morgan fingerprint density at radius 2 is 1.79 bits per heavy atom. The van der Waals surface area contributed by atoms with Gasteiger partial charge >= 0.3 is 5.97 Å². The Morgan fingerprint density at radius 3 is 2.38 bits per heavy atom. The summed E-state index contributed by atoms with van der Waals surface area (Å²) in [6.45, 7) is 11.4. The lowest BCUT2D eigenvalue weighted by Crippen LogP contribution is -2.03. The van der Waals surface area contributed by atoms with Crippen molar-refractivity contribution in [3.63, 3.8) is 0 Å². The van der Waals surface area contributed by atoms with E-state index in [1.165, 1.54) is 6.92 Å². The molecule has 0 radical (unpaired) electrons. The minimum atomic E-state index is -0.336. The number of rotatable bonds is 4. The standard InChI is InChI=1S/C22H18N6O2.2C2H6/c1-13-10-18-22(27-19(13)11-23)28(21(26-18)17-4-3-9-25-20(17)24)16-7-5-15(6-8-16)12-30-14(2)29;2*1-2/h3-10H,12H2,1-2H3,(H2,24,25);2*1-2H3. The number of anilines is 1. The molecule has 0 aliphatic rings. The first-order chi connectivity index (χ1) is 16.5. The molecule has 0 atom stereocenters. The number of aromatic nitrogens is 4. The second kappa shape index (κ2) is 12.1. The van der Waals surface area contributed by atoms with Crippen molar-refractivity contribution in [3.8, 4) is 23.1 Å². The number of benzene rings is 1.